The number of hydrogen-bond acceptors (Lipinski definition) is 5. The fourth-order valence-electron chi connectivity index (χ4n) is 2.72. The predicted molar refractivity (Wildman–Crippen MR) is 87.7 cm³/mol. The maximum absolute atomic E-state index is 12.8. The van der Waals surface area contributed by atoms with E-state index in [0.717, 1.165) is 12.1 Å². The second kappa shape index (κ2) is 6.24. The van der Waals surface area contributed by atoms with Gasteiger partial charge < -0.3 is 9.42 Å². The molecule has 0 unspecified atom stereocenters. The summed E-state index contributed by atoms with van der Waals surface area (Å²) in [4.78, 5) is 18.1. The molecule has 1 aromatic carbocycles. The molecule has 26 heavy (non-hydrogen) atoms. The molecule has 1 fully saturated rings. The van der Waals surface area contributed by atoms with Crippen LogP contribution in [0.15, 0.2) is 45.6 Å². The molecule has 1 aliphatic heterocycles. The monoisotopic (exact) mass is 379 g/mol. The smallest absolute Gasteiger partial charge is 0.339 e. The number of carbonyl (C=O) groups is 1. The molecule has 0 N–H and O–H groups in total. The summed E-state index contributed by atoms with van der Waals surface area (Å²) in [5.74, 6) is 0.269. The molecule has 1 amide bonds. The number of thiophene rings is 1. The van der Waals surface area contributed by atoms with Crippen LogP contribution in [0.2, 0.25) is 0 Å². The number of likely N-dealkylation sites (tertiary alicyclic amines) is 1. The van der Waals surface area contributed by atoms with Crippen molar-refractivity contribution in [2.24, 2.45) is 0 Å². The van der Waals surface area contributed by atoms with Crippen LogP contribution >= 0.6 is 11.3 Å². The molecule has 1 saturated heterocycles. The highest BCUT2D eigenvalue weighted by molar-refractivity contribution is 7.08. The lowest BCUT2D eigenvalue weighted by molar-refractivity contribution is -0.137. The van der Waals surface area contributed by atoms with Crippen LogP contribution in [0.25, 0.3) is 11.4 Å². The number of rotatable bonds is 3. The number of amides is 1. The number of halogens is 3. The van der Waals surface area contributed by atoms with Crippen LogP contribution in [0, 0.1) is 0 Å². The Balaban J connectivity index is 1.46. The maximum Gasteiger partial charge on any atom is 0.416 e. The van der Waals surface area contributed by atoms with E-state index < -0.39 is 11.7 Å². The Kier molecular flexibility index (Phi) is 4.03. The Bertz CT molecular complexity index is 931. The molecular weight excluding hydrogens is 367 g/mol. The van der Waals surface area contributed by atoms with Crippen molar-refractivity contribution in [2.75, 3.05) is 13.1 Å². The third-order valence-electron chi connectivity index (χ3n) is 4.18. The molecule has 3 aromatic rings. The lowest BCUT2D eigenvalue weighted by atomic mass is 9.99. The zero-order chi connectivity index (χ0) is 18.3. The van der Waals surface area contributed by atoms with E-state index in [1.165, 1.54) is 23.5 Å². The largest absolute Gasteiger partial charge is 0.416 e. The van der Waals surface area contributed by atoms with Gasteiger partial charge >= 0.3 is 6.18 Å². The van der Waals surface area contributed by atoms with Crippen molar-refractivity contribution in [3.05, 3.63) is 58.1 Å². The van der Waals surface area contributed by atoms with E-state index in [0.29, 0.717) is 24.5 Å². The minimum Gasteiger partial charge on any atom is -0.339 e. The van der Waals surface area contributed by atoms with Crippen LogP contribution in [-0.2, 0) is 6.18 Å². The number of nitrogens with zero attached hydrogens (tertiary/aromatic N) is 3. The van der Waals surface area contributed by atoms with Gasteiger partial charge in [0.05, 0.1) is 17.0 Å². The van der Waals surface area contributed by atoms with Crippen molar-refractivity contribution in [1.29, 1.82) is 0 Å². The van der Waals surface area contributed by atoms with Gasteiger partial charge in [0.2, 0.25) is 11.7 Å². The van der Waals surface area contributed by atoms with Gasteiger partial charge in [-0.3, -0.25) is 4.79 Å². The minimum atomic E-state index is -4.43. The number of aromatic nitrogens is 2. The lowest BCUT2D eigenvalue weighted by Gasteiger charge is -2.36. The summed E-state index contributed by atoms with van der Waals surface area (Å²) in [5, 5.41) is 7.40. The first-order valence-corrected chi connectivity index (χ1v) is 8.69. The van der Waals surface area contributed by atoms with Gasteiger partial charge in [0.25, 0.3) is 5.91 Å². The number of hydrogen-bond donors (Lipinski definition) is 0. The van der Waals surface area contributed by atoms with E-state index in [4.69, 9.17) is 4.52 Å². The fraction of sp³-hybridized carbons (Fsp3) is 0.235. The van der Waals surface area contributed by atoms with Crippen molar-refractivity contribution in [2.45, 2.75) is 12.1 Å². The molecule has 0 spiro atoms. The van der Waals surface area contributed by atoms with Crippen LogP contribution in [-0.4, -0.2) is 34.0 Å². The Hall–Kier alpha value is -2.68. The van der Waals surface area contributed by atoms with Gasteiger partial charge in [0.15, 0.2) is 0 Å². The molecule has 0 saturated carbocycles. The molecule has 2 aromatic heterocycles. The second-order valence-corrected chi connectivity index (χ2v) is 6.73. The summed E-state index contributed by atoms with van der Waals surface area (Å²) in [7, 11) is 0. The molecule has 0 atom stereocenters. The molecule has 134 valence electrons. The van der Waals surface area contributed by atoms with E-state index in [1.807, 2.05) is 5.38 Å². The van der Waals surface area contributed by atoms with Crippen LogP contribution in [0.1, 0.15) is 27.7 Å². The van der Waals surface area contributed by atoms with Crippen molar-refractivity contribution in [1.82, 2.24) is 15.0 Å². The first kappa shape index (κ1) is 16.8. The normalized spacial score (nSPS) is 15.1. The Morgan fingerprint density at radius 2 is 2.08 bits per heavy atom. The highest BCUT2D eigenvalue weighted by atomic mass is 32.1. The Morgan fingerprint density at radius 1 is 1.27 bits per heavy atom. The van der Waals surface area contributed by atoms with Crippen molar-refractivity contribution < 1.29 is 22.5 Å². The van der Waals surface area contributed by atoms with Crippen LogP contribution in [0.3, 0.4) is 0 Å². The van der Waals surface area contributed by atoms with Gasteiger partial charge in [0, 0.05) is 24.0 Å². The van der Waals surface area contributed by atoms with Crippen molar-refractivity contribution in [3.8, 4) is 11.4 Å². The highest BCUT2D eigenvalue weighted by Crippen LogP contribution is 2.33. The van der Waals surface area contributed by atoms with Crippen LogP contribution in [0.5, 0.6) is 0 Å². The average Bonchev–Trinajstić information content (AvgIpc) is 3.25. The fourth-order valence-corrected chi connectivity index (χ4v) is 3.35. The highest BCUT2D eigenvalue weighted by Gasteiger charge is 2.36. The molecule has 4 rings (SSSR count). The molecule has 0 aliphatic carbocycles. The number of carbonyl (C=O) groups excluding carboxylic acids is 1. The van der Waals surface area contributed by atoms with E-state index in [2.05, 4.69) is 10.1 Å². The summed E-state index contributed by atoms with van der Waals surface area (Å²) in [6.45, 7) is 0.887. The summed E-state index contributed by atoms with van der Waals surface area (Å²) >= 11 is 1.45. The molecule has 0 bridgehead atoms. The Morgan fingerprint density at radius 3 is 2.77 bits per heavy atom. The standard InChI is InChI=1S/C17H12F3N3O2S/c18-17(19,20)13-3-1-2-10(6-13)14-21-15(25-22-14)12-7-23(8-12)16(24)11-4-5-26-9-11/h1-6,9,12H,7-8H2. The van der Waals surface area contributed by atoms with E-state index in [-0.39, 0.29) is 23.2 Å². The van der Waals surface area contributed by atoms with Crippen molar-refractivity contribution >= 4 is 17.2 Å². The molecule has 0 radical (unpaired) electrons. The summed E-state index contributed by atoms with van der Waals surface area (Å²) in [6.07, 6.45) is -4.43. The Labute approximate surface area is 150 Å². The van der Waals surface area contributed by atoms with Crippen LogP contribution < -0.4 is 0 Å². The zero-order valence-electron chi connectivity index (χ0n) is 13.2. The molecule has 9 heteroatoms. The van der Waals surface area contributed by atoms with Gasteiger partial charge in [-0.05, 0) is 23.6 Å². The van der Waals surface area contributed by atoms with E-state index in [1.54, 1.807) is 16.3 Å². The first-order valence-electron chi connectivity index (χ1n) is 7.74. The summed E-state index contributed by atoms with van der Waals surface area (Å²) in [5.41, 5.74) is 0.113. The lowest BCUT2D eigenvalue weighted by Crippen LogP contribution is -2.48. The maximum atomic E-state index is 12.8. The van der Waals surface area contributed by atoms with Gasteiger partial charge in [-0.1, -0.05) is 17.3 Å². The first-order chi connectivity index (χ1) is 12.4. The summed E-state index contributed by atoms with van der Waals surface area (Å²) in [6, 6.07) is 6.54. The second-order valence-electron chi connectivity index (χ2n) is 5.95. The topological polar surface area (TPSA) is 59.2 Å². The minimum absolute atomic E-state index is 0.0554. The van der Waals surface area contributed by atoms with Gasteiger partial charge in [-0.15, -0.1) is 0 Å². The van der Waals surface area contributed by atoms with E-state index >= 15 is 0 Å². The predicted octanol–water partition coefficient (Wildman–Crippen LogP) is 4.06. The quantitative estimate of drug-likeness (QED) is 0.689. The number of alkyl halides is 3. The summed E-state index contributed by atoms with van der Waals surface area (Å²) < 4.78 is 43.6. The van der Waals surface area contributed by atoms with E-state index in [9.17, 15) is 18.0 Å². The third-order valence-corrected chi connectivity index (χ3v) is 4.86. The van der Waals surface area contributed by atoms with Gasteiger partial charge in [0.1, 0.15) is 0 Å². The average molecular weight is 379 g/mol. The van der Waals surface area contributed by atoms with Gasteiger partial charge in [-0.2, -0.15) is 29.5 Å². The molecule has 3 heterocycles. The molecule has 1 aliphatic rings. The zero-order valence-corrected chi connectivity index (χ0v) is 14.0. The SMILES string of the molecule is O=C(c1ccsc1)N1CC(c2nc(-c3cccc(C(F)(F)F)c3)no2)C1. The van der Waals surface area contributed by atoms with Gasteiger partial charge in [-0.25, -0.2) is 0 Å². The number of benzene rings is 1. The molecular formula is C17H12F3N3O2S. The van der Waals surface area contributed by atoms with Crippen molar-refractivity contribution in [3.63, 3.8) is 0 Å². The third kappa shape index (κ3) is 3.10. The molecule has 5 nitrogen and oxygen atoms in total. The van der Waals surface area contributed by atoms with Crippen LogP contribution in [0.4, 0.5) is 13.2 Å².